The van der Waals surface area contributed by atoms with Gasteiger partial charge in [-0.05, 0) is 19.1 Å². The highest BCUT2D eigenvalue weighted by Gasteiger charge is 2.10. The minimum absolute atomic E-state index is 0.363. The van der Waals surface area contributed by atoms with Crippen LogP contribution in [0.15, 0.2) is 18.2 Å². The Labute approximate surface area is 89.4 Å². The van der Waals surface area contributed by atoms with Crippen molar-refractivity contribution in [3.05, 3.63) is 29.3 Å². The fourth-order valence-corrected chi connectivity index (χ4v) is 1.24. The fraction of sp³-hybridized carbons (Fsp3) is 0.250. The molecule has 3 heteroatoms. The fourth-order valence-electron chi connectivity index (χ4n) is 1.24. The monoisotopic (exact) mass is 203 g/mol. The van der Waals surface area contributed by atoms with Crippen molar-refractivity contribution in [2.75, 3.05) is 19.0 Å². The Bertz CT molecular complexity index is 405. The zero-order chi connectivity index (χ0) is 11.3. The summed E-state index contributed by atoms with van der Waals surface area (Å²) in [4.78, 5) is 11.4. The SMILES string of the molecule is C#CCNc1ccc(C)cc1C(=O)OC. The van der Waals surface area contributed by atoms with Crippen molar-refractivity contribution in [2.24, 2.45) is 0 Å². The minimum Gasteiger partial charge on any atom is -0.465 e. The lowest BCUT2D eigenvalue weighted by atomic mass is 10.1. The number of esters is 1. The number of terminal acetylenes is 1. The van der Waals surface area contributed by atoms with E-state index in [0.717, 1.165) is 5.56 Å². The smallest absolute Gasteiger partial charge is 0.339 e. The molecule has 1 N–H and O–H groups in total. The van der Waals surface area contributed by atoms with Gasteiger partial charge in [0.1, 0.15) is 0 Å². The number of rotatable bonds is 3. The third-order valence-electron chi connectivity index (χ3n) is 1.96. The van der Waals surface area contributed by atoms with E-state index in [2.05, 4.69) is 16.0 Å². The van der Waals surface area contributed by atoms with Crippen LogP contribution in [0.25, 0.3) is 0 Å². The molecule has 0 atom stereocenters. The number of nitrogens with one attached hydrogen (secondary N) is 1. The first kappa shape index (κ1) is 11.1. The zero-order valence-electron chi connectivity index (χ0n) is 8.83. The van der Waals surface area contributed by atoms with Gasteiger partial charge in [-0.15, -0.1) is 6.42 Å². The Hall–Kier alpha value is -1.95. The summed E-state index contributed by atoms with van der Waals surface area (Å²) in [7, 11) is 1.36. The summed E-state index contributed by atoms with van der Waals surface area (Å²) >= 11 is 0. The Balaban J connectivity index is 3.04. The number of hydrogen-bond acceptors (Lipinski definition) is 3. The number of hydrogen-bond donors (Lipinski definition) is 1. The van der Waals surface area contributed by atoms with Gasteiger partial charge in [-0.2, -0.15) is 0 Å². The highest BCUT2D eigenvalue weighted by atomic mass is 16.5. The standard InChI is InChI=1S/C12H13NO2/c1-4-7-13-11-6-5-9(2)8-10(11)12(14)15-3/h1,5-6,8,13H,7H2,2-3H3. The van der Waals surface area contributed by atoms with Gasteiger partial charge in [0.05, 0.1) is 19.2 Å². The normalized spacial score (nSPS) is 9.13. The van der Waals surface area contributed by atoms with Crippen LogP contribution in [0.2, 0.25) is 0 Å². The van der Waals surface area contributed by atoms with Gasteiger partial charge in [-0.25, -0.2) is 4.79 Å². The second-order valence-corrected chi connectivity index (χ2v) is 3.10. The second kappa shape index (κ2) is 5.06. The molecule has 0 saturated carbocycles. The van der Waals surface area contributed by atoms with Crippen LogP contribution in [-0.4, -0.2) is 19.6 Å². The summed E-state index contributed by atoms with van der Waals surface area (Å²) in [5.74, 6) is 2.09. The summed E-state index contributed by atoms with van der Waals surface area (Å²) in [6, 6.07) is 5.49. The third kappa shape index (κ3) is 2.75. The second-order valence-electron chi connectivity index (χ2n) is 3.10. The van der Waals surface area contributed by atoms with E-state index < -0.39 is 0 Å². The average Bonchev–Trinajstić information content (AvgIpc) is 2.26. The first-order valence-corrected chi connectivity index (χ1v) is 4.55. The molecular formula is C12H13NO2. The molecule has 1 rings (SSSR count). The van der Waals surface area contributed by atoms with Gasteiger partial charge in [0.25, 0.3) is 0 Å². The summed E-state index contributed by atoms with van der Waals surface area (Å²) in [5.41, 5.74) is 2.21. The van der Waals surface area contributed by atoms with Crippen LogP contribution in [0.3, 0.4) is 0 Å². The van der Waals surface area contributed by atoms with Crippen LogP contribution in [-0.2, 0) is 4.74 Å². The highest BCUT2D eigenvalue weighted by molar-refractivity contribution is 5.95. The van der Waals surface area contributed by atoms with E-state index in [4.69, 9.17) is 6.42 Å². The van der Waals surface area contributed by atoms with Crippen molar-refractivity contribution in [2.45, 2.75) is 6.92 Å². The largest absolute Gasteiger partial charge is 0.465 e. The molecule has 0 bridgehead atoms. The lowest BCUT2D eigenvalue weighted by Gasteiger charge is -2.09. The van der Waals surface area contributed by atoms with E-state index in [1.807, 2.05) is 19.1 Å². The van der Waals surface area contributed by atoms with E-state index in [9.17, 15) is 4.79 Å². The third-order valence-corrected chi connectivity index (χ3v) is 1.96. The van der Waals surface area contributed by atoms with Crippen molar-refractivity contribution in [3.63, 3.8) is 0 Å². The number of aryl methyl sites for hydroxylation is 1. The molecule has 3 nitrogen and oxygen atoms in total. The van der Waals surface area contributed by atoms with Crippen molar-refractivity contribution in [1.82, 2.24) is 0 Å². The molecule has 0 unspecified atom stereocenters. The van der Waals surface area contributed by atoms with Crippen LogP contribution >= 0.6 is 0 Å². The van der Waals surface area contributed by atoms with E-state index in [-0.39, 0.29) is 5.97 Å². The Morgan fingerprint density at radius 2 is 2.33 bits per heavy atom. The van der Waals surface area contributed by atoms with Crippen LogP contribution < -0.4 is 5.32 Å². The van der Waals surface area contributed by atoms with Crippen LogP contribution in [0.4, 0.5) is 5.69 Å². The highest BCUT2D eigenvalue weighted by Crippen LogP contribution is 2.17. The zero-order valence-corrected chi connectivity index (χ0v) is 8.83. The maximum Gasteiger partial charge on any atom is 0.339 e. The Kier molecular flexibility index (Phi) is 3.75. The molecule has 0 heterocycles. The quantitative estimate of drug-likeness (QED) is 0.601. The molecule has 0 amide bonds. The molecule has 0 spiro atoms. The maximum atomic E-state index is 11.4. The van der Waals surface area contributed by atoms with E-state index in [1.165, 1.54) is 7.11 Å². The van der Waals surface area contributed by atoms with E-state index in [0.29, 0.717) is 17.8 Å². The number of carbonyl (C=O) groups excluding carboxylic acids is 1. The van der Waals surface area contributed by atoms with Gasteiger partial charge < -0.3 is 10.1 Å². The number of benzene rings is 1. The molecule has 0 radical (unpaired) electrons. The lowest BCUT2D eigenvalue weighted by molar-refractivity contribution is 0.0601. The Morgan fingerprint density at radius 1 is 1.60 bits per heavy atom. The van der Waals surface area contributed by atoms with Gasteiger partial charge in [-0.1, -0.05) is 17.6 Å². The van der Waals surface area contributed by atoms with Crippen molar-refractivity contribution in [3.8, 4) is 12.3 Å². The molecule has 0 saturated heterocycles. The Morgan fingerprint density at radius 3 is 2.93 bits per heavy atom. The molecule has 0 aliphatic carbocycles. The number of carbonyl (C=O) groups is 1. The molecule has 15 heavy (non-hydrogen) atoms. The number of anilines is 1. The van der Waals surface area contributed by atoms with Crippen molar-refractivity contribution >= 4 is 11.7 Å². The summed E-state index contributed by atoms with van der Waals surface area (Å²) < 4.78 is 4.68. The molecule has 78 valence electrons. The minimum atomic E-state index is -0.363. The number of methoxy groups -OCH3 is 1. The topological polar surface area (TPSA) is 38.3 Å². The molecule has 0 aromatic heterocycles. The first-order chi connectivity index (χ1) is 7.19. The molecule has 0 fully saturated rings. The number of ether oxygens (including phenoxy) is 1. The molecule has 1 aromatic rings. The van der Waals surface area contributed by atoms with E-state index >= 15 is 0 Å². The van der Waals surface area contributed by atoms with Crippen molar-refractivity contribution in [1.29, 1.82) is 0 Å². The molecule has 0 aliphatic rings. The van der Waals surface area contributed by atoms with Gasteiger partial charge in [0, 0.05) is 5.69 Å². The molecule has 0 aliphatic heterocycles. The molecular weight excluding hydrogens is 190 g/mol. The van der Waals surface area contributed by atoms with Crippen LogP contribution in [0.5, 0.6) is 0 Å². The first-order valence-electron chi connectivity index (χ1n) is 4.55. The van der Waals surface area contributed by atoms with Crippen molar-refractivity contribution < 1.29 is 9.53 Å². The summed E-state index contributed by atoms with van der Waals surface area (Å²) in [6.07, 6.45) is 5.14. The van der Waals surface area contributed by atoms with Crippen LogP contribution in [0.1, 0.15) is 15.9 Å². The predicted octanol–water partition coefficient (Wildman–Crippen LogP) is 1.83. The molecule has 1 aromatic carbocycles. The maximum absolute atomic E-state index is 11.4. The average molecular weight is 203 g/mol. The van der Waals surface area contributed by atoms with Gasteiger partial charge >= 0.3 is 5.97 Å². The van der Waals surface area contributed by atoms with Gasteiger partial charge in [0.15, 0.2) is 0 Å². The summed E-state index contributed by atoms with van der Waals surface area (Å²) in [5, 5.41) is 2.97. The van der Waals surface area contributed by atoms with Gasteiger partial charge in [0.2, 0.25) is 0 Å². The summed E-state index contributed by atoms with van der Waals surface area (Å²) in [6.45, 7) is 2.30. The lowest BCUT2D eigenvalue weighted by Crippen LogP contribution is -2.08. The van der Waals surface area contributed by atoms with Crippen LogP contribution in [0, 0.1) is 19.3 Å². The van der Waals surface area contributed by atoms with E-state index in [1.54, 1.807) is 6.07 Å². The predicted molar refractivity (Wildman–Crippen MR) is 59.8 cm³/mol. The van der Waals surface area contributed by atoms with Gasteiger partial charge in [-0.3, -0.25) is 0 Å².